The van der Waals surface area contributed by atoms with E-state index in [2.05, 4.69) is 17.0 Å². The second kappa shape index (κ2) is 7.42. The number of imide groups is 1. The summed E-state index contributed by atoms with van der Waals surface area (Å²) in [5.74, 6) is -1.12. The zero-order chi connectivity index (χ0) is 25.2. The molecule has 0 unspecified atom stereocenters. The predicted molar refractivity (Wildman–Crippen MR) is 131 cm³/mol. The van der Waals surface area contributed by atoms with E-state index < -0.39 is 28.2 Å². The number of carbonyl (C=O) groups is 2. The van der Waals surface area contributed by atoms with Crippen LogP contribution < -0.4 is 4.90 Å². The van der Waals surface area contributed by atoms with Gasteiger partial charge in [-0.1, -0.05) is 52.3 Å². The molecule has 1 heterocycles. The lowest BCUT2D eigenvalue weighted by Gasteiger charge is -2.27. The fraction of sp³-hybridized carbons (Fsp3) is 0.148. The van der Waals surface area contributed by atoms with Gasteiger partial charge in [0.1, 0.15) is 5.41 Å². The van der Waals surface area contributed by atoms with Gasteiger partial charge in [-0.05, 0) is 60.5 Å². The fourth-order valence-corrected chi connectivity index (χ4v) is 6.32. The van der Waals surface area contributed by atoms with Gasteiger partial charge in [0.25, 0.3) is 12.5 Å². The fourth-order valence-electron chi connectivity index (χ4n) is 5.80. The quantitative estimate of drug-likeness (QED) is 0.458. The first-order chi connectivity index (χ1) is 16.7. The van der Waals surface area contributed by atoms with E-state index in [4.69, 9.17) is 29.8 Å². The molecule has 0 radical (unpaired) electrons. The van der Waals surface area contributed by atoms with Crippen LogP contribution in [0.15, 0.2) is 66.7 Å². The Morgan fingerprint density at radius 1 is 0.829 bits per heavy atom. The van der Waals surface area contributed by atoms with E-state index in [9.17, 15) is 20.1 Å². The molecule has 6 nitrogen and oxygen atoms in total. The Kier molecular flexibility index (Phi) is 4.80. The second-order valence-corrected chi connectivity index (χ2v) is 9.54. The molecule has 0 bridgehead atoms. The van der Waals surface area contributed by atoms with Crippen molar-refractivity contribution in [2.24, 2.45) is 5.41 Å². The summed E-state index contributed by atoms with van der Waals surface area (Å²) >= 11 is 12.3. The van der Waals surface area contributed by atoms with Gasteiger partial charge in [-0.2, -0.15) is 10.5 Å². The molecule has 5 rings (SSSR count). The van der Waals surface area contributed by atoms with Crippen molar-refractivity contribution in [2.45, 2.75) is 17.9 Å². The lowest BCUT2D eigenvalue weighted by molar-refractivity contribution is -0.125. The zero-order valence-corrected chi connectivity index (χ0v) is 19.8. The number of halogens is 2. The summed E-state index contributed by atoms with van der Waals surface area (Å²) in [5, 5.41) is 19.1. The van der Waals surface area contributed by atoms with Crippen LogP contribution in [-0.2, 0) is 15.0 Å². The maximum absolute atomic E-state index is 14.1. The summed E-state index contributed by atoms with van der Waals surface area (Å²) in [5.41, 5.74) is -2.06. The van der Waals surface area contributed by atoms with Gasteiger partial charge in [0.05, 0.1) is 29.0 Å². The smallest absolute Gasteiger partial charge is 0.273 e. The van der Waals surface area contributed by atoms with E-state index >= 15 is 0 Å². The number of carbonyl (C=O) groups excluding carboxylic acids is 2. The first-order valence-corrected chi connectivity index (χ1v) is 11.3. The SMILES string of the molecule is C#[N+][C@@]12C(=O)N(c3cc(Cl)cc(Cl)c3)C(=O)[C@]1(C)C2(c1ccc(C#N)cc1)c1ccc(C#N)cc1. The Balaban J connectivity index is 1.78. The van der Waals surface area contributed by atoms with Crippen LogP contribution >= 0.6 is 23.2 Å². The minimum absolute atomic E-state index is 0.225. The third-order valence-corrected chi connectivity index (χ3v) is 7.73. The van der Waals surface area contributed by atoms with E-state index in [1.807, 2.05) is 0 Å². The van der Waals surface area contributed by atoms with Crippen LogP contribution in [0.25, 0.3) is 4.85 Å². The molecule has 0 spiro atoms. The molecule has 8 heteroatoms. The van der Waals surface area contributed by atoms with Crippen molar-refractivity contribution in [2.75, 3.05) is 4.90 Å². The number of hydrogen-bond donors (Lipinski definition) is 0. The van der Waals surface area contributed by atoms with E-state index in [0.29, 0.717) is 22.3 Å². The maximum Gasteiger partial charge on any atom is 0.387 e. The summed E-state index contributed by atoms with van der Waals surface area (Å²) in [6.07, 6.45) is 0. The van der Waals surface area contributed by atoms with Gasteiger partial charge in [-0.15, -0.1) is 0 Å². The Labute approximate surface area is 211 Å². The minimum atomic E-state index is -1.67. The first-order valence-electron chi connectivity index (χ1n) is 10.5. The summed E-state index contributed by atoms with van der Waals surface area (Å²) in [7, 11) is 0. The van der Waals surface area contributed by atoms with E-state index in [0.717, 1.165) is 4.90 Å². The van der Waals surface area contributed by atoms with Crippen LogP contribution in [0.5, 0.6) is 0 Å². The molecule has 2 atom stereocenters. The molecule has 2 fully saturated rings. The van der Waals surface area contributed by atoms with Crippen LogP contribution in [0, 0.1) is 34.6 Å². The van der Waals surface area contributed by atoms with Gasteiger partial charge >= 0.3 is 11.4 Å². The number of hydrogen-bond acceptors (Lipinski definition) is 4. The number of rotatable bonds is 3. The molecule has 0 N–H and O–H groups in total. The van der Waals surface area contributed by atoms with Crippen LogP contribution in [0.3, 0.4) is 0 Å². The number of benzene rings is 3. The standard InChI is InChI=1S/C27H15Cl2N4O2/c1-25-23(34)33(22-12-20(28)11-21(29)13-22)24(35)27(25,32-2)26(25,18-7-3-16(14-30)4-8-18)19-9-5-17(15-31)6-10-19/h2-13H,1H3/q+1/t25-,27+/m1/s1. The van der Waals surface area contributed by atoms with Gasteiger partial charge < -0.3 is 0 Å². The monoisotopic (exact) mass is 497 g/mol. The molecule has 0 aromatic heterocycles. The van der Waals surface area contributed by atoms with Crippen LogP contribution in [-0.4, -0.2) is 17.4 Å². The summed E-state index contributed by atoms with van der Waals surface area (Å²) < 4.78 is 0. The Hall–Kier alpha value is -4.15. The number of fused-ring (bicyclic) bond motifs is 1. The molecule has 2 amide bonds. The summed E-state index contributed by atoms with van der Waals surface area (Å²) in [4.78, 5) is 33.3. The van der Waals surface area contributed by atoms with Crippen LogP contribution in [0.2, 0.25) is 10.0 Å². The summed E-state index contributed by atoms with van der Waals surface area (Å²) in [6.45, 7) is 7.64. The van der Waals surface area contributed by atoms with Crippen molar-refractivity contribution in [1.82, 2.24) is 0 Å². The molecule has 3 aromatic rings. The molecule has 1 aliphatic carbocycles. The second-order valence-electron chi connectivity index (χ2n) is 8.67. The third kappa shape index (κ3) is 2.52. The zero-order valence-electron chi connectivity index (χ0n) is 18.3. The van der Waals surface area contributed by atoms with Crippen molar-refractivity contribution in [1.29, 1.82) is 10.5 Å². The molecule has 1 aliphatic heterocycles. The molecule has 3 aromatic carbocycles. The lowest BCUT2D eigenvalue weighted by Crippen LogP contribution is -2.45. The van der Waals surface area contributed by atoms with Crippen molar-refractivity contribution >= 4 is 40.7 Å². The minimum Gasteiger partial charge on any atom is -0.273 e. The topological polar surface area (TPSA) is 89.3 Å². The third-order valence-electron chi connectivity index (χ3n) is 7.29. The molecule has 1 saturated carbocycles. The number of piperidine rings is 1. The maximum atomic E-state index is 14.1. The highest BCUT2D eigenvalue weighted by molar-refractivity contribution is 6.38. The lowest BCUT2D eigenvalue weighted by atomic mass is 9.78. The number of nitriles is 2. The molecular weight excluding hydrogens is 483 g/mol. The Morgan fingerprint density at radius 2 is 1.29 bits per heavy atom. The molecule has 2 aliphatic rings. The largest absolute Gasteiger partial charge is 0.387 e. The number of anilines is 1. The Morgan fingerprint density at radius 3 is 1.66 bits per heavy atom. The number of nitrogens with zero attached hydrogens (tertiary/aromatic N) is 4. The van der Waals surface area contributed by atoms with Crippen molar-refractivity contribution in [3.63, 3.8) is 0 Å². The molecule has 1 saturated heterocycles. The van der Waals surface area contributed by atoms with Gasteiger partial charge in [0, 0.05) is 10.0 Å². The van der Waals surface area contributed by atoms with Crippen LogP contribution in [0.1, 0.15) is 29.2 Å². The molecular formula is C27H15Cl2N4O2+. The average Bonchev–Trinajstić information content (AvgIpc) is 3.32. The van der Waals surface area contributed by atoms with Crippen molar-refractivity contribution in [3.8, 4) is 18.7 Å². The van der Waals surface area contributed by atoms with E-state index in [1.54, 1.807) is 55.5 Å². The van der Waals surface area contributed by atoms with Crippen LogP contribution in [0.4, 0.5) is 5.69 Å². The summed E-state index contributed by atoms with van der Waals surface area (Å²) in [6, 6.07) is 21.9. The van der Waals surface area contributed by atoms with Gasteiger partial charge in [0.2, 0.25) is 0 Å². The number of amides is 2. The van der Waals surface area contributed by atoms with E-state index in [1.165, 1.54) is 18.2 Å². The van der Waals surface area contributed by atoms with Gasteiger partial charge in [-0.3, -0.25) is 9.59 Å². The Bertz CT molecular complexity index is 1480. The van der Waals surface area contributed by atoms with E-state index in [-0.39, 0.29) is 15.7 Å². The van der Waals surface area contributed by atoms with Gasteiger partial charge in [0.15, 0.2) is 5.41 Å². The highest BCUT2D eigenvalue weighted by Crippen LogP contribution is 2.81. The first kappa shape index (κ1) is 22.6. The van der Waals surface area contributed by atoms with Crippen molar-refractivity contribution in [3.05, 3.63) is 104 Å². The average molecular weight is 498 g/mol. The predicted octanol–water partition coefficient (Wildman–Crippen LogP) is 5.32. The molecule has 168 valence electrons. The highest BCUT2D eigenvalue weighted by atomic mass is 35.5. The highest BCUT2D eigenvalue weighted by Gasteiger charge is 3.06. The normalized spacial score (nSPS) is 23.7. The van der Waals surface area contributed by atoms with Crippen molar-refractivity contribution < 1.29 is 9.59 Å². The van der Waals surface area contributed by atoms with Gasteiger partial charge in [-0.25, -0.2) is 4.90 Å². The molecule has 35 heavy (non-hydrogen) atoms.